The number of hydrogen-bond acceptors (Lipinski definition) is 6. The van der Waals surface area contributed by atoms with Crippen molar-refractivity contribution in [3.63, 3.8) is 0 Å². The van der Waals surface area contributed by atoms with Crippen LogP contribution in [0.2, 0.25) is 0 Å². The lowest BCUT2D eigenvalue weighted by Gasteiger charge is -2.05. The fraction of sp³-hybridized carbons (Fsp3) is 0.188. The number of nitrogens with zero attached hydrogens (tertiary/aromatic N) is 1. The Morgan fingerprint density at radius 3 is 2.46 bits per heavy atom. The lowest BCUT2D eigenvalue weighted by molar-refractivity contribution is -0.159. The molecule has 3 rings (SSSR count). The number of rotatable bonds is 4. The van der Waals surface area contributed by atoms with E-state index in [1.807, 2.05) is 36.4 Å². The maximum atomic E-state index is 9.10. The van der Waals surface area contributed by atoms with Crippen LogP contribution in [0.4, 0.5) is 0 Å². The molecule has 1 aromatic carbocycles. The molecule has 0 saturated heterocycles. The minimum atomic E-state index is -1.82. The normalized spacial score (nSPS) is 11.3. The molecular weight excluding hydrogens is 316 g/mol. The van der Waals surface area contributed by atoms with E-state index in [2.05, 4.69) is 10.3 Å². The van der Waals surface area contributed by atoms with Gasteiger partial charge >= 0.3 is 11.9 Å². The molecule has 0 spiro atoms. The highest BCUT2D eigenvalue weighted by Crippen LogP contribution is 2.32. The third-order valence-electron chi connectivity index (χ3n) is 2.98. The molecule has 0 aliphatic carbocycles. The van der Waals surface area contributed by atoms with E-state index in [9.17, 15) is 0 Å². The Labute approximate surface area is 137 Å². The molecule has 0 fully saturated rings. The summed E-state index contributed by atoms with van der Waals surface area (Å²) < 4.78 is 10.6. The predicted octanol–water partition coefficient (Wildman–Crippen LogP) is 1.26. The summed E-state index contributed by atoms with van der Waals surface area (Å²) in [5.41, 5.74) is 2.22. The average Bonchev–Trinajstić information content (AvgIpc) is 3.04. The molecular formula is C16H16N2O6. The van der Waals surface area contributed by atoms with E-state index in [4.69, 9.17) is 29.3 Å². The van der Waals surface area contributed by atoms with Crippen molar-refractivity contribution in [2.45, 2.75) is 13.1 Å². The van der Waals surface area contributed by atoms with Gasteiger partial charge in [-0.2, -0.15) is 0 Å². The molecule has 8 nitrogen and oxygen atoms in total. The number of benzene rings is 1. The number of carbonyl (C=O) groups is 2. The fourth-order valence-electron chi connectivity index (χ4n) is 1.89. The van der Waals surface area contributed by atoms with Crippen molar-refractivity contribution >= 4 is 11.9 Å². The first kappa shape index (κ1) is 17.2. The van der Waals surface area contributed by atoms with Gasteiger partial charge in [0, 0.05) is 19.3 Å². The molecule has 0 radical (unpaired) electrons. The first-order valence-corrected chi connectivity index (χ1v) is 7.01. The van der Waals surface area contributed by atoms with Gasteiger partial charge in [0.1, 0.15) is 0 Å². The molecule has 0 amide bonds. The Balaban J connectivity index is 0.000000301. The largest absolute Gasteiger partial charge is 0.473 e. The Bertz CT molecular complexity index is 693. The van der Waals surface area contributed by atoms with E-state index in [-0.39, 0.29) is 0 Å². The van der Waals surface area contributed by atoms with E-state index in [1.54, 1.807) is 6.20 Å². The fourth-order valence-corrected chi connectivity index (χ4v) is 1.89. The quantitative estimate of drug-likeness (QED) is 0.716. The number of aliphatic carboxylic acids is 2. The molecule has 3 N–H and O–H groups in total. The Kier molecular flexibility index (Phi) is 6.09. The molecule has 0 saturated carbocycles. The third kappa shape index (κ3) is 5.25. The third-order valence-corrected chi connectivity index (χ3v) is 2.98. The Hall–Kier alpha value is -3.13. The van der Waals surface area contributed by atoms with Crippen LogP contribution in [0.25, 0.3) is 0 Å². The topological polar surface area (TPSA) is 118 Å². The second-order valence-electron chi connectivity index (χ2n) is 4.72. The lowest BCUT2D eigenvalue weighted by atomic mass is 10.2. The molecule has 24 heavy (non-hydrogen) atoms. The van der Waals surface area contributed by atoms with Crippen LogP contribution in [0, 0.1) is 0 Å². The maximum Gasteiger partial charge on any atom is 0.414 e. The minimum Gasteiger partial charge on any atom is -0.473 e. The van der Waals surface area contributed by atoms with Gasteiger partial charge in [-0.25, -0.2) is 9.59 Å². The van der Waals surface area contributed by atoms with Gasteiger partial charge in [0.25, 0.3) is 0 Å². The number of ether oxygens (including phenoxy) is 2. The van der Waals surface area contributed by atoms with E-state index in [0.29, 0.717) is 6.79 Å². The summed E-state index contributed by atoms with van der Waals surface area (Å²) in [7, 11) is 0. The molecule has 126 valence electrons. The number of pyridine rings is 1. The van der Waals surface area contributed by atoms with Crippen molar-refractivity contribution in [1.82, 2.24) is 10.3 Å². The summed E-state index contributed by atoms with van der Waals surface area (Å²) in [6.45, 7) is 1.86. The van der Waals surface area contributed by atoms with Crippen LogP contribution in [-0.2, 0) is 22.7 Å². The second-order valence-corrected chi connectivity index (χ2v) is 4.72. The van der Waals surface area contributed by atoms with Crippen molar-refractivity contribution in [2.24, 2.45) is 0 Å². The smallest absolute Gasteiger partial charge is 0.414 e. The molecule has 2 heterocycles. The second kappa shape index (κ2) is 8.49. The van der Waals surface area contributed by atoms with Crippen molar-refractivity contribution in [2.75, 3.05) is 6.79 Å². The van der Waals surface area contributed by atoms with Gasteiger partial charge < -0.3 is 25.0 Å². The standard InChI is InChI=1S/C14H14N2O2.C2H2O4/c1-2-6-16-12(3-1)9-15-8-11-4-5-13-14(7-11)18-10-17-13;3-1(4)2(5)6/h1-7,15H,8-10H2;(H,3,4)(H,5,6). The SMILES string of the molecule is O=C(O)C(=O)O.c1ccc(CNCc2ccc3c(c2)OCO3)nc1. The van der Waals surface area contributed by atoms with Gasteiger partial charge in [-0.15, -0.1) is 0 Å². The molecule has 0 atom stereocenters. The monoisotopic (exact) mass is 332 g/mol. The zero-order valence-corrected chi connectivity index (χ0v) is 12.6. The minimum absolute atomic E-state index is 0.320. The van der Waals surface area contributed by atoms with Gasteiger partial charge in [-0.05, 0) is 29.8 Å². The van der Waals surface area contributed by atoms with E-state index < -0.39 is 11.9 Å². The average molecular weight is 332 g/mol. The zero-order valence-electron chi connectivity index (χ0n) is 12.6. The summed E-state index contributed by atoms with van der Waals surface area (Å²) in [4.78, 5) is 22.5. The number of carboxylic acids is 2. The van der Waals surface area contributed by atoms with Crippen LogP contribution < -0.4 is 14.8 Å². The van der Waals surface area contributed by atoms with Gasteiger partial charge in [0.2, 0.25) is 6.79 Å². The molecule has 8 heteroatoms. The summed E-state index contributed by atoms with van der Waals surface area (Å²) >= 11 is 0. The Morgan fingerprint density at radius 2 is 1.79 bits per heavy atom. The number of aromatic nitrogens is 1. The molecule has 2 aromatic rings. The first-order valence-electron chi connectivity index (χ1n) is 7.01. The van der Waals surface area contributed by atoms with Crippen molar-refractivity contribution < 1.29 is 29.3 Å². The van der Waals surface area contributed by atoms with Crippen molar-refractivity contribution in [3.8, 4) is 11.5 Å². The van der Waals surface area contributed by atoms with Crippen molar-refractivity contribution in [3.05, 3.63) is 53.9 Å². The molecule has 1 aromatic heterocycles. The zero-order chi connectivity index (χ0) is 17.4. The summed E-state index contributed by atoms with van der Waals surface area (Å²) in [6.07, 6.45) is 1.80. The van der Waals surface area contributed by atoms with Crippen LogP contribution in [0.5, 0.6) is 11.5 Å². The highest BCUT2D eigenvalue weighted by molar-refractivity contribution is 6.27. The summed E-state index contributed by atoms with van der Waals surface area (Å²) in [6, 6.07) is 11.9. The summed E-state index contributed by atoms with van der Waals surface area (Å²) in [5.74, 6) is -2.00. The molecule has 0 unspecified atom stereocenters. The Morgan fingerprint density at radius 1 is 1.04 bits per heavy atom. The van der Waals surface area contributed by atoms with Gasteiger partial charge in [0.05, 0.1) is 5.69 Å². The highest BCUT2D eigenvalue weighted by Gasteiger charge is 2.12. The number of carboxylic acid groups (broad SMARTS) is 2. The number of hydrogen-bond donors (Lipinski definition) is 3. The van der Waals surface area contributed by atoms with Crippen LogP contribution >= 0.6 is 0 Å². The van der Waals surface area contributed by atoms with Crippen LogP contribution in [-0.4, -0.2) is 33.9 Å². The number of nitrogens with one attached hydrogen (secondary N) is 1. The first-order chi connectivity index (χ1) is 11.6. The van der Waals surface area contributed by atoms with E-state index in [0.717, 1.165) is 30.3 Å². The molecule has 1 aliphatic heterocycles. The molecule has 0 bridgehead atoms. The number of fused-ring (bicyclic) bond motifs is 1. The van der Waals surface area contributed by atoms with Gasteiger partial charge in [-0.1, -0.05) is 12.1 Å². The van der Waals surface area contributed by atoms with Crippen LogP contribution in [0.3, 0.4) is 0 Å². The lowest BCUT2D eigenvalue weighted by Crippen LogP contribution is -2.13. The van der Waals surface area contributed by atoms with Crippen LogP contribution in [0.15, 0.2) is 42.6 Å². The van der Waals surface area contributed by atoms with E-state index in [1.165, 1.54) is 5.56 Å². The van der Waals surface area contributed by atoms with E-state index >= 15 is 0 Å². The molecule has 1 aliphatic rings. The maximum absolute atomic E-state index is 9.10. The predicted molar refractivity (Wildman–Crippen MR) is 82.6 cm³/mol. The van der Waals surface area contributed by atoms with Crippen LogP contribution in [0.1, 0.15) is 11.3 Å². The highest BCUT2D eigenvalue weighted by atomic mass is 16.7. The van der Waals surface area contributed by atoms with Gasteiger partial charge in [0.15, 0.2) is 11.5 Å². The summed E-state index contributed by atoms with van der Waals surface area (Å²) in [5, 5.41) is 18.1. The van der Waals surface area contributed by atoms with Crippen molar-refractivity contribution in [1.29, 1.82) is 0 Å². The van der Waals surface area contributed by atoms with Gasteiger partial charge in [-0.3, -0.25) is 4.98 Å².